The van der Waals surface area contributed by atoms with Crippen molar-refractivity contribution in [1.29, 1.82) is 0 Å². The van der Waals surface area contributed by atoms with Crippen LogP contribution in [0.25, 0.3) is 0 Å². The maximum Gasteiger partial charge on any atom is 0.231 e. The van der Waals surface area contributed by atoms with Crippen LogP contribution in [-0.4, -0.2) is 32.1 Å². The second-order valence-corrected chi connectivity index (χ2v) is 7.53. The van der Waals surface area contributed by atoms with Gasteiger partial charge in [-0.15, -0.1) is 0 Å². The largest absolute Gasteiger partial charge is 0.494 e. The number of hydrazone groups is 1. The number of nitrogens with zero attached hydrogens (tertiary/aromatic N) is 4. The Hall–Kier alpha value is -2.93. The Morgan fingerprint density at radius 1 is 1.32 bits per heavy atom. The number of para-hydroxylation sites is 1. The molecule has 1 fully saturated rings. The predicted molar refractivity (Wildman–Crippen MR) is 112 cm³/mol. The smallest absolute Gasteiger partial charge is 0.231 e. The second-order valence-electron chi connectivity index (χ2n) is 6.73. The van der Waals surface area contributed by atoms with Gasteiger partial charge in [0, 0.05) is 11.6 Å². The summed E-state index contributed by atoms with van der Waals surface area (Å²) < 4.78 is 10.3. The zero-order chi connectivity index (χ0) is 19.5. The van der Waals surface area contributed by atoms with Crippen LogP contribution in [0.4, 0.5) is 0 Å². The highest BCUT2D eigenvalue weighted by Crippen LogP contribution is 2.33. The Labute approximate surface area is 168 Å². The molecule has 28 heavy (non-hydrogen) atoms. The van der Waals surface area contributed by atoms with E-state index < -0.39 is 0 Å². The van der Waals surface area contributed by atoms with Crippen molar-refractivity contribution in [3.8, 4) is 11.6 Å². The van der Waals surface area contributed by atoms with Crippen molar-refractivity contribution in [3.05, 3.63) is 65.4 Å². The Balaban J connectivity index is 1.66. The molecule has 0 spiro atoms. The molecular weight excluding hydrogens is 372 g/mol. The van der Waals surface area contributed by atoms with Gasteiger partial charge in [0.25, 0.3) is 0 Å². The molecule has 2 heterocycles. The summed E-state index contributed by atoms with van der Waals surface area (Å²) in [6.45, 7) is 5.48. The van der Waals surface area contributed by atoms with Gasteiger partial charge in [-0.25, -0.2) is 5.01 Å². The van der Waals surface area contributed by atoms with Gasteiger partial charge in [-0.05, 0) is 50.0 Å². The summed E-state index contributed by atoms with van der Waals surface area (Å²) in [5.41, 5.74) is 1.67. The zero-order valence-electron chi connectivity index (χ0n) is 15.7. The number of hydrogen-bond donors (Lipinski definition) is 1. The molecular formula is C21H22N4O2S. The lowest BCUT2D eigenvalue weighted by Crippen LogP contribution is -2.31. The van der Waals surface area contributed by atoms with Gasteiger partial charge in [0.2, 0.25) is 11.8 Å². The van der Waals surface area contributed by atoms with Crippen LogP contribution in [0.2, 0.25) is 0 Å². The second kappa shape index (κ2) is 7.98. The van der Waals surface area contributed by atoms with Gasteiger partial charge < -0.3 is 9.84 Å². The summed E-state index contributed by atoms with van der Waals surface area (Å²) in [5, 5.41) is 16.5. The van der Waals surface area contributed by atoms with E-state index in [1.54, 1.807) is 0 Å². The van der Waals surface area contributed by atoms with Gasteiger partial charge in [0.05, 0.1) is 10.9 Å². The Morgan fingerprint density at radius 2 is 2.07 bits per heavy atom. The average Bonchev–Trinajstić information content (AvgIpc) is 3.41. The van der Waals surface area contributed by atoms with Crippen LogP contribution in [-0.2, 0) is 0 Å². The van der Waals surface area contributed by atoms with Gasteiger partial charge in [-0.1, -0.05) is 37.1 Å². The first kappa shape index (κ1) is 18.4. The number of amidine groups is 1. The SMILES string of the molecule is C=C(O)/N=C1\C(=C/C)C(c2cc(Oc3ccccc3)ns2)=NN1C1CCCC1. The molecule has 0 amide bonds. The molecule has 4 rings (SSSR count). The summed E-state index contributed by atoms with van der Waals surface area (Å²) in [7, 11) is 0. The lowest BCUT2D eigenvalue weighted by atomic mass is 10.1. The van der Waals surface area contributed by atoms with Gasteiger partial charge in [-0.3, -0.25) is 0 Å². The van der Waals surface area contributed by atoms with E-state index in [0.717, 1.165) is 34.8 Å². The van der Waals surface area contributed by atoms with E-state index in [1.165, 1.54) is 24.4 Å². The first-order valence-corrected chi connectivity index (χ1v) is 10.1. The van der Waals surface area contributed by atoms with Crippen molar-refractivity contribution in [1.82, 2.24) is 9.38 Å². The van der Waals surface area contributed by atoms with Crippen molar-refractivity contribution >= 4 is 23.1 Å². The van der Waals surface area contributed by atoms with E-state index in [2.05, 4.69) is 15.9 Å². The minimum Gasteiger partial charge on any atom is -0.494 e. The fraction of sp³-hybridized carbons (Fsp3) is 0.286. The van der Waals surface area contributed by atoms with Crippen LogP contribution in [0, 0.1) is 0 Å². The topological polar surface area (TPSA) is 70.3 Å². The van der Waals surface area contributed by atoms with Crippen molar-refractivity contribution in [2.75, 3.05) is 0 Å². The first-order valence-electron chi connectivity index (χ1n) is 9.37. The molecule has 0 saturated heterocycles. The quantitative estimate of drug-likeness (QED) is 0.701. The molecule has 0 bridgehead atoms. The lowest BCUT2D eigenvalue weighted by Gasteiger charge is -2.22. The first-order chi connectivity index (χ1) is 13.7. The minimum atomic E-state index is -0.216. The number of ether oxygens (including phenoxy) is 1. The van der Waals surface area contributed by atoms with Crippen molar-refractivity contribution in [2.45, 2.75) is 38.6 Å². The number of hydrogen-bond acceptors (Lipinski definition) is 6. The number of aliphatic hydroxyl groups is 1. The normalized spacial score (nSPS) is 20.2. The molecule has 1 aromatic heterocycles. The van der Waals surface area contributed by atoms with E-state index >= 15 is 0 Å². The molecule has 0 unspecified atom stereocenters. The van der Waals surface area contributed by atoms with Crippen LogP contribution in [0.5, 0.6) is 11.6 Å². The maximum atomic E-state index is 9.70. The van der Waals surface area contributed by atoms with Crippen LogP contribution in [0.3, 0.4) is 0 Å². The number of aliphatic hydroxyl groups excluding tert-OH is 1. The summed E-state index contributed by atoms with van der Waals surface area (Å²) in [4.78, 5) is 5.18. The summed E-state index contributed by atoms with van der Waals surface area (Å²) >= 11 is 1.34. The van der Waals surface area contributed by atoms with E-state index in [0.29, 0.717) is 17.8 Å². The average molecular weight is 395 g/mol. The van der Waals surface area contributed by atoms with Crippen molar-refractivity contribution in [2.24, 2.45) is 10.1 Å². The van der Waals surface area contributed by atoms with Crippen LogP contribution in [0.1, 0.15) is 37.5 Å². The molecule has 7 heteroatoms. The summed E-state index contributed by atoms with van der Waals surface area (Å²) in [5.74, 6) is 1.71. The molecule has 0 atom stereocenters. The van der Waals surface area contributed by atoms with Gasteiger partial charge in [-0.2, -0.15) is 14.5 Å². The van der Waals surface area contributed by atoms with Gasteiger partial charge in [0.15, 0.2) is 5.84 Å². The minimum absolute atomic E-state index is 0.216. The molecule has 0 radical (unpaired) electrons. The highest BCUT2D eigenvalue weighted by Gasteiger charge is 2.35. The van der Waals surface area contributed by atoms with Crippen LogP contribution < -0.4 is 4.74 Å². The zero-order valence-corrected chi connectivity index (χ0v) is 16.5. The molecule has 1 aliphatic carbocycles. The Bertz CT molecular complexity index is 956. The number of allylic oxidation sites excluding steroid dienone is 1. The number of aromatic nitrogens is 1. The standard InChI is InChI=1S/C21H22N4O2S/c1-3-17-20(18-13-19(24-28-18)27-16-11-5-4-6-12-16)23-25(15-9-7-8-10-15)21(17)22-14(2)26/h3-6,11-13,15,26H,2,7-10H2,1H3/b17-3-,22-21+. The third-order valence-corrected chi connectivity index (χ3v) is 5.58. The number of rotatable bonds is 5. The van der Waals surface area contributed by atoms with E-state index in [4.69, 9.17) is 9.84 Å². The molecule has 1 N–H and O–H groups in total. The fourth-order valence-corrected chi connectivity index (χ4v) is 4.22. The maximum absolute atomic E-state index is 9.70. The highest BCUT2D eigenvalue weighted by atomic mass is 32.1. The fourth-order valence-electron chi connectivity index (χ4n) is 3.55. The molecule has 1 saturated carbocycles. The molecule has 2 aromatic rings. The van der Waals surface area contributed by atoms with Crippen molar-refractivity contribution < 1.29 is 9.84 Å². The predicted octanol–water partition coefficient (Wildman–Crippen LogP) is 5.27. The lowest BCUT2D eigenvalue weighted by molar-refractivity contribution is 0.332. The van der Waals surface area contributed by atoms with Crippen LogP contribution >= 0.6 is 11.5 Å². The molecule has 6 nitrogen and oxygen atoms in total. The molecule has 1 aromatic carbocycles. The summed E-state index contributed by atoms with van der Waals surface area (Å²) in [6.07, 6.45) is 6.46. The third-order valence-electron chi connectivity index (χ3n) is 4.80. The summed E-state index contributed by atoms with van der Waals surface area (Å²) in [6, 6.07) is 11.8. The van der Waals surface area contributed by atoms with Crippen LogP contribution in [0.15, 0.2) is 70.6 Å². The highest BCUT2D eigenvalue weighted by molar-refractivity contribution is 7.08. The van der Waals surface area contributed by atoms with Gasteiger partial charge in [0.1, 0.15) is 11.5 Å². The number of aliphatic imine (C=N–C) groups is 1. The third kappa shape index (κ3) is 3.71. The van der Waals surface area contributed by atoms with Crippen molar-refractivity contribution in [3.63, 3.8) is 0 Å². The molecule has 1 aliphatic heterocycles. The molecule has 2 aliphatic rings. The van der Waals surface area contributed by atoms with E-state index in [9.17, 15) is 5.11 Å². The number of benzene rings is 1. The monoisotopic (exact) mass is 394 g/mol. The Morgan fingerprint density at radius 3 is 2.75 bits per heavy atom. The van der Waals surface area contributed by atoms with Gasteiger partial charge >= 0.3 is 0 Å². The molecule has 144 valence electrons. The van der Waals surface area contributed by atoms with E-state index in [-0.39, 0.29) is 5.88 Å². The Kier molecular flexibility index (Phi) is 5.25. The van der Waals surface area contributed by atoms with E-state index in [1.807, 2.05) is 54.4 Å².